The van der Waals surface area contributed by atoms with Crippen LogP contribution in [-0.4, -0.2) is 36.2 Å². The molecule has 0 aliphatic carbocycles. The first kappa shape index (κ1) is 17.5. The average molecular weight is 425 g/mol. The Morgan fingerprint density at radius 2 is 1.75 bits per heavy atom. The number of benzene rings is 2. The van der Waals surface area contributed by atoms with Crippen LogP contribution >= 0.6 is 39.7 Å². The van der Waals surface area contributed by atoms with Gasteiger partial charge in [-0.05, 0) is 61.1 Å². The van der Waals surface area contributed by atoms with E-state index in [-0.39, 0.29) is 0 Å². The Morgan fingerprint density at radius 3 is 2.42 bits per heavy atom. The Kier molecular flexibility index (Phi) is 5.64. The minimum absolute atomic E-state index is 0.778. The monoisotopic (exact) mass is 423 g/mol. The standard InChI is InChI=1S/C18H19BrClN3S/c1-13-2-5-15(20)12-17(13)22-8-10-23(11-9-22)18(24)21-16-6-3-14(19)4-7-16/h2-7,12H,8-11H2,1H3,(H,21,24). The molecule has 1 saturated heterocycles. The van der Waals surface area contributed by atoms with E-state index in [0.717, 1.165) is 46.5 Å². The zero-order valence-corrected chi connectivity index (χ0v) is 16.6. The summed E-state index contributed by atoms with van der Waals surface area (Å²) in [7, 11) is 0. The van der Waals surface area contributed by atoms with Crippen LogP contribution in [0.25, 0.3) is 0 Å². The molecule has 0 amide bonds. The van der Waals surface area contributed by atoms with Gasteiger partial charge in [0.1, 0.15) is 0 Å². The molecule has 1 N–H and O–H groups in total. The summed E-state index contributed by atoms with van der Waals surface area (Å²) in [5.74, 6) is 0. The van der Waals surface area contributed by atoms with E-state index < -0.39 is 0 Å². The quantitative estimate of drug-likeness (QED) is 0.689. The van der Waals surface area contributed by atoms with Gasteiger partial charge in [0.15, 0.2) is 5.11 Å². The summed E-state index contributed by atoms with van der Waals surface area (Å²) in [6.45, 7) is 5.78. The Hall–Kier alpha value is -1.30. The minimum atomic E-state index is 0.778. The first-order valence-electron chi connectivity index (χ1n) is 7.85. The first-order chi connectivity index (χ1) is 11.5. The second kappa shape index (κ2) is 7.72. The molecule has 24 heavy (non-hydrogen) atoms. The number of rotatable bonds is 2. The Bertz CT molecular complexity index is 728. The molecule has 3 nitrogen and oxygen atoms in total. The third-order valence-corrected chi connectivity index (χ3v) is 5.30. The molecule has 3 rings (SSSR count). The van der Waals surface area contributed by atoms with E-state index in [1.165, 1.54) is 11.3 Å². The Morgan fingerprint density at radius 1 is 1.08 bits per heavy atom. The van der Waals surface area contributed by atoms with Crippen molar-refractivity contribution in [2.24, 2.45) is 0 Å². The molecule has 1 aliphatic heterocycles. The lowest BCUT2D eigenvalue weighted by Gasteiger charge is -2.38. The van der Waals surface area contributed by atoms with Gasteiger partial charge < -0.3 is 15.1 Å². The molecule has 126 valence electrons. The van der Waals surface area contributed by atoms with Crippen molar-refractivity contribution in [1.82, 2.24) is 4.90 Å². The highest BCUT2D eigenvalue weighted by Crippen LogP contribution is 2.25. The maximum atomic E-state index is 6.15. The van der Waals surface area contributed by atoms with Gasteiger partial charge in [0, 0.05) is 47.0 Å². The lowest BCUT2D eigenvalue weighted by molar-refractivity contribution is 0.390. The van der Waals surface area contributed by atoms with E-state index in [1.807, 2.05) is 36.4 Å². The zero-order chi connectivity index (χ0) is 17.1. The number of hydrogen-bond acceptors (Lipinski definition) is 2. The van der Waals surface area contributed by atoms with Gasteiger partial charge in [-0.1, -0.05) is 33.6 Å². The molecule has 1 heterocycles. The molecule has 0 unspecified atom stereocenters. The summed E-state index contributed by atoms with van der Waals surface area (Å²) in [4.78, 5) is 4.59. The van der Waals surface area contributed by atoms with Gasteiger partial charge in [-0.2, -0.15) is 0 Å². The number of nitrogens with zero attached hydrogens (tertiary/aromatic N) is 2. The van der Waals surface area contributed by atoms with Crippen LogP contribution in [0.15, 0.2) is 46.9 Å². The summed E-state index contributed by atoms with van der Waals surface area (Å²) in [6, 6.07) is 14.1. The summed E-state index contributed by atoms with van der Waals surface area (Å²) in [5, 5.41) is 4.87. The van der Waals surface area contributed by atoms with Crippen LogP contribution < -0.4 is 10.2 Å². The van der Waals surface area contributed by atoms with Gasteiger partial charge in [0.2, 0.25) is 0 Å². The van der Waals surface area contributed by atoms with Crippen LogP contribution in [0, 0.1) is 6.92 Å². The number of nitrogens with one attached hydrogen (secondary N) is 1. The second-order valence-corrected chi connectivity index (χ2v) is 7.58. The van der Waals surface area contributed by atoms with E-state index in [2.05, 4.69) is 44.0 Å². The molecule has 2 aromatic rings. The van der Waals surface area contributed by atoms with Crippen molar-refractivity contribution in [3.8, 4) is 0 Å². The van der Waals surface area contributed by atoms with Gasteiger partial charge in [-0.15, -0.1) is 0 Å². The van der Waals surface area contributed by atoms with Gasteiger partial charge in [0.05, 0.1) is 0 Å². The number of aryl methyl sites for hydroxylation is 1. The maximum absolute atomic E-state index is 6.15. The van der Waals surface area contributed by atoms with Crippen LogP contribution in [0.3, 0.4) is 0 Å². The SMILES string of the molecule is Cc1ccc(Cl)cc1N1CCN(C(=S)Nc2ccc(Br)cc2)CC1. The van der Waals surface area contributed by atoms with Crippen molar-refractivity contribution in [1.29, 1.82) is 0 Å². The van der Waals surface area contributed by atoms with Gasteiger partial charge >= 0.3 is 0 Å². The fraction of sp³-hybridized carbons (Fsp3) is 0.278. The molecule has 0 saturated carbocycles. The van der Waals surface area contributed by atoms with Gasteiger partial charge in [0.25, 0.3) is 0 Å². The molecule has 0 radical (unpaired) electrons. The minimum Gasteiger partial charge on any atom is -0.368 e. The van der Waals surface area contributed by atoms with Crippen LogP contribution in [0.5, 0.6) is 0 Å². The van der Waals surface area contributed by atoms with Crippen molar-refractivity contribution >= 4 is 56.2 Å². The molecule has 1 fully saturated rings. The molecule has 0 atom stereocenters. The highest BCUT2D eigenvalue weighted by Gasteiger charge is 2.20. The van der Waals surface area contributed by atoms with Crippen LogP contribution in [0.4, 0.5) is 11.4 Å². The van der Waals surface area contributed by atoms with Crippen molar-refractivity contribution in [2.75, 3.05) is 36.4 Å². The van der Waals surface area contributed by atoms with E-state index in [0.29, 0.717) is 0 Å². The van der Waals surface area contributed by atoms with Crippen LogP contribution in [0.1, 0.15) is 5.56 Å². The first-order valence-corrected chi connectivity index (χ1v) is 9.43. The van der Waals surface area contributed by atoms with Gasteiger partial charge in [-0.25, -0.2) is 0 Å². The highest BCUT2D eigenvalue weighted by atomic mass is 79.9. The molecule has 0 aromatic heterocycles. The number of thiocarbonyl (C=S) groups is 1. The van der Waals surface area contributed by atoms with E-state index in [4.69, 9.17) is 23.8 Å². The molecular weight excluding hydrogens is 406 g/mol. The lowest BCUT2D eigenvalue weighted by Crippen LogP contribution is -2.50. The van der Waals surface area contributed by atoms with E-state index >= 15 is 0 Å². The van der Waals surface area contributed by atoms with Crippen molar-refractivity contribution in [3.63, 3.8) is 0 Å². The van der Waals surface area contributed by atoms with Gasteiger partial charge in [-0.3, -0.25) is 0 Å². The van der Waals surface area contributed by atoms with Crippen LogP contribution in [-0.2, 0) is 0 Å². The number of piperazine rings is 1. The smallest absolute Gasteiger partial charge is 0.173 e. The van der Waals surface area contributed by atoms with E-state index in [1.54, 1.807) is 0 Å². The summed E-state index contributed by atoms with van der Waals surface area (Å²) >= 11 is 15.1. The molecular formula is C18H19BrClN3S. The molecule has 0 spiro atoms. The zero-order valence-electron chi connectivity index (χ0n) is 13.4. The third-order valence-electron chi connectivity index (χ3n) is 4.17. The Balaban J connectivity index is 1.59. The normalized spacial score (nSPS) is 14.6. The average Bonchev–Trinajstić information content (AvgIpc) is 2.59. The van der Waals surface area contributed by atoms with E-state index in [9.17, 15) is 0 Å². The molecule has 2 aromatic carbocycles. The second-order valence-electron chi connectivity index (χ2n) is 5.84. The predicted octanol–water partition coefficient (Wildman–Crippen LogP) is 4.93. The summed E-state index contributed by atoms with van der Waals surface area (Å²) in [5.41, 5.74) is 3.48. The highest BCUT2D eigenvalue weighted by molar-refractivity contribution is 9.10. The van der Waals surface area contributed by atoms with Crippen LogP contribution in [0.2, 0.25) is 5.02 Å². The predicted molar refractivity (Wildman–Crippen MR) is 110 cm³/mol. The third kappa shape index (κ3) is 4.21. The summed E-state index contributed by atoms with van der Waals surface area (Å²) in [6.07, 6.45) is 0. The fourth-order valence-corrected chi connectivity index (χ4v) is 3.54. The van der Waals surface area contributed by atoms with Crippen molar-refractivity contribution < 1.29 is 0 Å². The topological polar surface area (TPSA) is 18.5 Å². The molecule has 0 bridgehead atoms. The van der Waals surface area contributed by atoms with Crippen molar-refractivity contribution in [2.45, 2.75) is 6.92 Å². The maximum Gasteiger partial charge on any atom is 0.173 e. The number of anilines is 2. The number of halogens is 2. The number of hydrogen-bond donors (Lipinski definition) is 1. The lowest BCUT2D eigenvalue weighted by atomic mass is 10.1. The summed E-state index contributed by atoms with van der Waals surface area (Å²) < 4.78 is 1.06. The Labute approximate surface area is 161 Å². The van der Waals surface area contributed by atoms with Crippen molar-refractivity contribution in [3.05, 3.63) is 57.5 Å². The molecule has 1 aliphatic rings. The fourth-order valence-electron chi connectivity index (χ4n) is 2.81. The largest absolute Gasteiger partial charge is 0.368 e. The molecule has 6 heteroatoms.